The fraction of sp³-hybridized carbons (Fsp3) is 0.538. The number of methoxy groups -OCH3 is 1. The van der Waals surface area contributed by atoms with Crippen molar-refractivity contribution >= 4 is 5.69 Å². The van der Waals surface area contributed by atoms with E-state index in [9.17, 15) is 13.2 Å². The van der Waals surface area contributed by atoms with Crippen LogP contribution in [0.1, 0.15) is 18.1 Å². The molecular formula is C13H19F3N2O. The average Bonchev–Trinajstić information content (AvgIpc) is 2.38. The van der Waals surface area contributed by atoms with Gasteiger partial charge in [-0.15, -0.1) is 0 Å². The van der Waals surface area contributed by atoms with Crippen molar-refractivity contribution in [3.05, 3.63) is 29.3 Å². The fourth-order valence-electron chi connectivity index (χ4n) is 1.88. The number of nitrogens with two attached hydrogens (primary N) is 1. The number of hydrogen-bond acceptors (Lipinski definition) is 3. The van der Waals surface area contributed by atoms with E-state index in [1.165, 1.54) is 6.07 Å². The van der Waals surface area contributed by atoms with E-state index in [2.05, 4.69) is 0 Å². The highest BCUT2D eigenvalue weighted by atomic mass is 19.4. The Morgan fingerprint density at radius 3 is 2.47 bits per heavy atom. The van der Waals surface area contributed by atoms with E-state index in [0.29, 0.717) is 25.3 Å². The smallest absolute Gasteiger partial charge is 0.383 e. The second-order valence-electron chi connectivity index (χ2n) is 4.12. The Hall–Kier alpha value is -1.27. The maximum atomic E-state index is 12.6. The lowest BCUT2D eigenvalue weighted by molar-refractivity contribution is -0.137. The molecule has 1 aromatic carbocycles. The summed E-state index contributed by atoms with van der Waals surface area (Å²) in [6, 6.07) is 3.68. The zero-order valence-corrected chi connectivity index (χ0v) is 11.1. The summed E-state index contributed by atoms with van der Waals surface area (Å²) in [4.78, 5) is 1.95. The number of benzene rings is 1. The molecular weight excluding hydrogens is 257 g/mol. The molecule has 0 unspecified atom stereocenters. The SMILES string of the molecule is CCN(CCOC)c1ccc(C(F)(F)F)cc1CN. The molecule has 0 aromatic heterocycles. The molecule has 0 aliphatic heterocycles. The van der Waals surface area contributed by atoms with Crippen LogP contribution in [0.3, 0.4) is 0 Å². The third kappa shape index (κ3) is 4.11. The van der Waals surface area contributed by atoms with E-state index in [0.717, 1.165) is 17.8 Å². The first-order chi connectivity index (χ1) is 8.93. The first-order valence-electron chi connectivity index (χ1n) is 6.08. The summed E-state index contributed by atoms with van der Waals surface area (Å²) in [6.07, 6.45) is -4.34. The van der Waals surface area contributed by atoms with Crippen LogP contribution in [0.2, 0.25) is 0 Å². The van der Waals surface area contributed by atoms with Gasteiger partial charge in [-0.25, -0.2) is 0 Å². The Morgan fingerprint density at radius 2 is 2.00 bits per heavy atom. The lowest BCUT2D eigenvalue weighted by Gasteiger charge is -2.26. The van der Waals surface area contributed by atoms with Crippen molar-refractivity contribution < 1.29 is 17.9 Å². The number of alkyl halides is 3. The number of anilines is 1. The zero-order chi connectivity index (χ0) is 14.5. The van der Waals surface area contributed by atoms with E-state index in [4.69, 9.17) is 10.5 Å². The minimum Gasteiger partial charge on any atom is -0.383 e. The Kier molecular flexibility index (Phi) is 5.62. The van der Waals surface area contributed by atoms with Gasteiger partial charge in [0.2, 0.25) is 0 Å². The lowest BCUT2D eigenvalue weighted by Crippen LogP contribution is -2.28. The van der Waals surface area contributed by atoms with Gasteiger partial charge in [-0.3, -0.25) is 0 Å². The van der Waals surface area contributed by atoms with Gasteiger partial charge in [0.05, 0.1) is 12.2 Å². The van der Waals surface area contributed by atoms with Crippen LogP contribution in [0.4, 0.5) is 18.9 Å². The van der Waals surface area contributed by atoms with Crippen LogP contribution in [0.5, 0.6) is 0 Å². The summed E-state index contributed by atoms with van der Waals surface area (Å²) in [5.74, 6) is 0. The van der Waals surface area contributed by atoms with E-state index in [1.807, 2.05) is 11.8 Å². The van der Waals surface area contributed by atoms with Crippen molar-refractivity contribution in [1.29, 1.82) is 0 Å². The van der Waals surface area contributed by atoms with Gasteiger partial charge in [0.15, 0.2) is 0 Å². The Labute approximate surface area is 111 Å². The van der Waals surface area contributed by atoms with E-state index in [1.54, 1.807) is 7.11 Å². The number of rotatable bonds is 6. The maximum absolute atomic E-state index is 12.6. The molecule has 1 rings (SSSR count). The molecule has 0 spiro atoms. The Balaban J connectivity index is 3.07. The maximum Gasteiger partial charge on any atom is 0.416 e. The molecule has 2 N–H and O–H groups in total. The number of nitrogens with zero attached hydrogens (tertiary/aromatic N) is 1. The van der Waals surface area contributed by atoms with Crippen molar-refractivity contribution in [2.24, 2.45) is 5.73 Å². The van der Waals surface area contributed by atoms with Crippen LogP contribution in [0.15, 0.2) is 18.2 Å². The van der Waals surface area contributed by atoms with Crippen LogP contribution in [0.25, 0.3) is 0 Å². The molecule has 0 fully saturated rings. The summed E-state index contributed by atoms with van der Waals surface area (Å²) in [7, 11) is 1.59. The zero-order valence-electron chi connectivity index (χ0n) is 11.1. The van der Waals surface area contributed by atoms with E-state index in [-0.39, 0.29) is 6.54 Å². The molecule has 0 radical (unpaired) electrons. The number of ether oxygens (including phenoxy) is 1. The van der Waals surface area contributed by atoms with Crippen molar-refractivity contribution in [3.63, 3.8) is 0 Å². The van der Waals surface area contributed by atoms with Gasteiger partial charge in [-0.1, -0.05) is 0 Å². The third-order valence-electron chi connectivity index (χ3n) is 2.91. The normalized spacial score (nSPS) is 11.7. The molecule has 1 aromatic rings. The molecule has 19 heavy (non-hydrogen) atoms. The van der Waals surface area contributed by atoms with Crippen molar-refractivity contribution in [3.8, 4) is 0 Å². The molecule has 0 atom stereocenters. The summed E-state index contributed by atoms with van der Waals surface area (Å²) in [5.41, 5.74) is 6.12. The molecule has 0 heterocycles. The molecule has 0 bridgehead atoms. The highest BCUT2D eigenvalue weighted by Crippen LogP contribution is 2.32. The summed E-state index contributed by atoms with van der Waals surface area (Å²) in [6.45, 7) is 3.82. The van der Waals surface area contributed by atoms with Crippen molar-refractivity contribution in [1.82, 2.24) is 0 Å². The quantitative estimate of drug-likeness (QED) is 0.868. The minimum absolute atomic E-state index is 0.0722. The standard InChI is InChI=1S/C13H19F3N2O/c1-3-18(6-7-19-2)12-5-4-11(13(14,15)16)8-10(12)9-17/h4-5,8H,3,6-7,9,17H2,1-2H3. The van der Waals surface area contributed by atoms with Gasteiger partial charge in [0.1, 0.15) is 0 Å². The first-order valence-corrected chi connectivity index (χ1v) is 6.08. The number of hydrogen-bond donors (Lipinski definition) is 1. The van der Waals surface area contributed by atoms with Crippen molar-refractivity contribution in [2.75, 3.05) is 31.7 Å². The summed E-state index contributed by atoms with van der Waals surface area (Å²) < 4.78 is 42.9. The second-order valence-corrected chi connectivity index (χ2v) is 4.12. The molecule has 0 saturated heterocycles. The largest absolute Gasteiger partial charge is 0.416 e. The predicted molar refractivity (Wildman–Crippen MR) is 69.1 cm³/mol. The van der Waals surface area contributed by atoms with Crippen LogP contribution < -0.4 is 10.6 Å². The van der Waals surface area contributed by atoms with E-state index < -0.39 is 11.7 Å². The molecule has 3 nitrogen and oxygen atoms in total. The third-order valence-corrected chi connectivity index (χ3v) is 2.91. The predicted octanol–water partition coefficient (Wildman–Crippen LogP) is 2.64. The van der Waals surface area contributed by atoms with Crippen LogP contribution >= 0.6 is 0 Å². The fourth-order valence-corrected chi connectivity index (χ4v) is 1.88. The number of halogens is 3. The van der Waals surface area contributed by atoms with Crippen LogP contribution in [-0.2, 0) is 17.5 Å². The highest BCUT2D eigenvalue weighted by molar-refractivity contribution is 5.55. The van der Waals surface area contributed by atoms with Gasteiger partial charge in [-0.2, -0.15) is 13.2 Å². The minimum atomic E-state index is -4.34. The van der Waals surface area contributed by atoms with Crippen LogP contribution in [0, 0.1) is 0 Å². The second kappa shape index (κ2) is 6.77. The number of likely N-dealkylation sites (N-methyl/N-ethyl adjacent to an activating group) is 1. The van der Waals surface area contributed by atoms with Crippen LogP contribution in [-0.4, -0.2) is 26.8 Å². The average molecular weight is 276 g/mol. The Morgan fingerprint density at radius 1 is 1.32 bits per heavy atom. The molecule has 0 amide bonds. The van der Waals surface area contributed by atoms with Gasteiger partial charge in [0.25, 0.3) is 0 Å². The molecule has 108 valence electrons. The highest BCUT2D eigenvalue weighted by Gasteiger charge is 2.31. The summed E-state index contributed by atoms with van der Waals surface area (Å²) >= 11 is 0. The van der Waals surface area contributed by atoms with Gasteiger partial charge in [0, 0.05) is 32.4 Å². The molecule has 0 saturated carbocycles. The molecule has 0 aliphatic rings. The lowest BCUT2D eigenvalue weighted by atomic mass is 10.1. The molecule has 6 heteroatoms. The van der Waals surface area contributed by atoms with Gasteiger partial charge >= 0.3 is 6.18 Å². The van der Waals surface area contributed by atoms with Crippen molar-refractivity contribution in [2.45, 2.75) is 19.6 Å². The van der Waals surface area contributed by atoms with Gasteiger partial charge < -0.3 is 15.4 Å². The summed E-state index contributed by atoms with van der Waals surface area (Å²) in [5, 5.41) is 0. The monoisotopic (exact) mass is 276 g/mol. The first kappa shape index (κ1) is 15.8. The topological polar surface area (TPSA) is 38.5 Å². The van der Waals surface area contributed by atoms with E-state index >= 15 is 0 Å². The Bertz CT molecular complexity index is 407. The van der Waals surface area contributed by atoms with Gasteiger partial charge in [-0.05, 0) is 30.7 Å². The molecule has 0 aliphatic carbocycles.